The van der Waals surface area contributed by atoms with E-state index in [9.17, 15) is 4.79 Å². The van der Waals surface area contributed by atoms with Crippen LogP contribution in [-0.2, 0) is 5.88 Å². The summed E-state index contributed by atoms with van der Waals surface area (Å²) >= 11 is 5.63. The van der Waals surface area contributed by atoms with Gasteiger partial charge in [-0.15, -0.1) is 11.6 Å². The minimum atomic E-state index is 0.0944. The Balaban J connectivity index is 2.59. The van der Waals surface area contributed by atoms with Crippen LogP contribution in [0.4, 0.5) is 0 Å². The Morgan fingerprint density at radius 1 is 1.58 bits per heavy atom. The van der Waals surface area contributed by atoms with Gasteiger partial charge in [0.05, 0.1) is 17.7 Å². The lowest BCUT2D eigenvalue weighted by Gasteiger charge is -2.02. The molecule has 0 fully saturated rings. The van der Waals surface area contributed by atoms with Crippen molar-refractivity contribution in [3.05, 3.63) is 29.2 Å². The van der Waals surface area contributed by atoms with Crippen LogP contribution in [0.1, 0.15) is 28.1 Å². The number of hydrogen-bond donors (Lipinski definition) is 0. The van der Waals surface area contributed by atoms with Crippen LogP contribution >= 0.6 is 11.6 Å². The first-order valence-electron chi connectivity index (χ1n) is 3.69. The monoisotopic (exact) mass is 182 g/mol. The third kappa shape index (κ3) is 0.994. The van der Waals surface area contributed by atoms with E-state index in [-0.39, 0.29) is 5.78 Å². The van der Waals surface area contributed by atoms with E-state index in [0.717, 1.165) is 5.56 Å². The number of carbonyl (C=O) groups is 1. The molecule has 12 heavy (non-hydrogen) atoms. The lowest BCUT2D eigenvalue weighted by molar-refractivity contribution is 0.0993. The minimum Gasteiger partial charge on any atom is -0.464 e. The highest BCUT2D eigenvalue weighted by Gasteiger charge is 2.20. The Bertz CT molecular complexity index is 349. The van der Waals surface area contributed by atoms with E-state index in [2.05, 4.69) is 0 Å². The van der Waals surface area contributed by atoms with E-state index in [1.54, 1.807) is 12.3 Å². The van der Waals surface area contributed by atoms with Crippen molar-refractivity contribution in [3.8, 4) is 0 Å². The Morgan fingerprint density at radius 3 is 3.17 bits per heavy atom. The number of alkyl halides is 1. The van der Waals surface area contributed by atoms with E-state index in [1.165, 1.54) is 0 Å². The zero-order chi connectivity index (χ0) is 8.55. The number of hydrogen-bond acceptors (Lipinski definition) is 2. The maximum atomic E-state index is 11.4. The predicted octanol–water partition coefficient (Wildman–Crippen LogP) is 2.62. The summed E-state index contributed by atoms with van der Waals surface area (Å²) in [6.45, 7) is 0. The normalized spacial score (nSPS) is 14.9. The molecule has 0 spiro atoms. The average molecular weight is 183 g/mol. The number of allylic oxidation sites excluding steroid dienone is 1. The molecule has 1 heterocycles. The molecule has 3 heteroatoms. The van der Waals surface area contributed by atoms with E-state index in [0.29, 0.717) is 23.6 Å². The number of rotatable bonds is 1. The number of Topliss-reactive ketones (excluding diaryl/α,β-unsaturated/α-hetero) is 1. The molecule has 1 aliphatic carbocycles. The second-order valence-corrected chi connectivity index (χ2v) is 2.93. The number of furan rings is 1. The first-order chi connectivity index (χ1) is 5.83. The summed E-state index contributed by atoms with van der Waals surface area (Å²) in [4.78, 5) is 11.4. The van der Waals surface area contributed by atoms with Crippen molar-refractivity contribution in [2.75, 3.05) is 0 Å². The fourth-order valence-electron chi connectivity index (χ4n) is 1.32. The van der Waals surface area contributed by atoms with Gasteiger partial charge in [0, 0.05) is 12.0 Å². The van der Waals surface area contributed by atoms with Crippen molar-refractivity contribution < 1.29 is 9.21 Å². The molecule has 0 atom stereocenters. The topological polar surface area (TPSA) is 30.2 Å². The first-order valence-corrected chi connectivity index (χ1v) is 4.22. The van der Waals surface area contributed by atoms with E-state index < -0.39 is 0 Å². The van der Waals surface area contributed by atoms with E-state index >= 15 is 0 Å². The molecule has 0 unspecified atom stereocenters. The molecule has 0 bridgehead atoms. The summed E-state index contributed by atoms with van der Waals surface area (Å²) in [5.74, 6) is 1.07. The quantitative estimate of drug-likeness (QED) is 0.625. The fraction of sp³-hybridized carbons (Fsp3) is 0.222. The predicted molar refractivity (Wildman–Crippen MR) is 46.2 cm³/mol. The number of carbonyl (C=O) groups excluding carboxylic acids is 1. The Labute approximate surface area is 74.8 Å². The van der Waals surface area contributed by atoms with Crippen molar-refractivity contribution >= 4 is 23.5 Å². The van der Waals surface area contributed by atoms with Crippen molar-refractivity contribution in [2.24, 2.45) is 0 Å². The van der Waals surface area contributed by atoms with Gasteiger partial charge in [-0.25, -0.2) is 0 Å². The highest BCUT2D eigenvalue weighted by molar-refractivity contribution is 6.18. The summed E-state index contributed by atoms with van der Waals surface area (Å²) in [6.07, 6.45) is 5.61. The Kier molecular flexibility index (Phi) is 1.77. The van der Waals surface area contributed by atoms with Crippen LogP contribution in [0.3, 0.4) is 0 Å². The molecule has 1 aliphatic rings. The SMILES string of the molecule is O=C1CC=Cc2occ(CCl)c21. The first kappa shape index (κ1) is 7.62. The highest BCUT2D eigenvalue weighted by atomic mass is 35.5. The van der Waals surface area contributed by atoms with Gasteiger partial charge in [0.25, 0.3) is 0 Å². The summed E-state index contributed by atoms with van der Waals surface area (Å²) in [5.41, 5.74) is 1.45. The van der Waals surface area contributed by atoms with Gasteiger partial charge in [0.15, 0.2) is 5.78 Å². The number of halogens is 1. The molecular weight excluding hydrogens is 176 g/mol. The molecule has 0 radical (unpaired) electrons. The minimum absolute atomic E-state index is 0.0944. The summed E-state index contributed by atoms with van der Waals surface area (Å²) < 4.78 is 5.16. The van der Waals surface area contributed by atoms with Crippen LogP contribution in [0.15, 0.2) is 16.8 Å². The molecule has 0 aromatic carbocycles. The van der Waals surface area contributed by atoms with Crippen LogP contribution in [0.5, 0.6) is 0 Å². The van der Waals surface area contributed by atoms with Crippen molar-refractivity contribution in [3.63, 3.8) is 0 Å². The number of ketones is 1. The fourth-order valence-corrected chi connectivity index (χ4v) is 1.52. The zero-order valence-electron chi connectivity index (χ0n) is 6.34. The second-order valence-electron chi connectivity index (χ2n) is 2.66. The number of fused-ring (bicyclic) bond motifs is 1. The molecule has 2 rings (SSSR count). The lowest BCUT2D eigenvalue weighted by Crippen LogP contribution is -2.03. The smallest absolute Gasteiger partial charge is 0.170 e. The molecule has 0 N–H and O–H groups in total. The molecule has 0 amide bonds. The summed E-state index contributed by atoms with van der Waals surface area (Å²) in [5, 5.41) is 0. The Hall–Kier alpha value is -1.02. The lowest BCUT2D eigenvalue weighted by atomic mass is 10.0. The van der Waals surface area contributed by atoms with Crippen LogP contribution < -0.4 is 0 Å². The second kappa shape index (κ2) is 2.79. The molecule has 62 valence electrons. The van der Waals surface area contributed by atoms with Gasteiger partial charge in [-0.3, -0.25) is 4.79 Å². The van der Waals surface area contributed by atoms with Gasteiger partial charge >= 0.3 is 0 Å². The largest absolute Gasteiger partial charge is 0.464 e. The van der Waals surface area contributed by atoms with Crippen molar-refractivity contribution in [1.29, 1.82) is 0 Å². The van der Waals surface area contributed by atoms with Crippen LogP contribution in [-0.4, -0.2) is 5.78 Å². The van der Waals surface area contributed by atoms with Gasteiger partial charge in [-0.1, -0.05) is 6.08 Å². The van der Waals surface area contributed by atoms with Gasteiger partial charge in [0.2, 0.25) is 0 Å². The summed E-state index contributed by atoms with van der Waals surface area (Å²) in [6, 6.07) is 0. The third-order valence-corrected chi connectivity index (χ3v) is 2.18. The highest BCUT2D eigenvalue weighted by Crippen LogP contribution is 2.25. The van der Waals surface area contributed by atoms with Gasteiger partial charge in [0.1, 0.15) is 5.76 Å². The molecule has 0 saturated heterocycles. The van der Waals surface area contributed by atoms with E-state index in [4.69, 9.17) is 16.0 Å². The van der Waals surface area contributed by atoms with E-state index in [1.807, 2.05) is 6.08 Å². The van der Waals surface area contributed by atoms with Crippen molar-refractivity contribution in [2.45, 2.75) is 12.3 Å². The summed E-state index contributed by atoms with van der Waals surface area (Å²) in [7, 11) is 0. The molecule has 0 saturated carbocycles. The molecular formula is C9H7ClO2. The van der Waals surface area contributed by atoms with Gasteiger partial charge < -0.3 is 4.42 Å². The molecule has 0 aliphatic heterocycles. The van der Waals surface area contributed by atoms with Crippen LogP contribution in [0, 0.1) is 0 Å². The van der Waals surface area contributed by atoms with Gasteiger partial charge in [-0.2, -0.15) is 0 Å². The van der Waals surface area contributed by atoms with Gasteiger partial charge in [-0.05, 0) is 6.08 Å². The maximum absolute atomic E-state index is 11.4. The zero-order valence-corrected chi connectivity index (χ0v) is 7.10. The van der Waals surface area contributed by atoms with Crippen molar-refractivity contribution in [1.82, 2.24) is 0 Å². The van der Waals surface area contributed by atoms with Crippen LogP contribution in [0.2, 0.25) is 0 Å². The van der Waals surface area contributed by atoms with Crippen LogP contribution in [0.25, 0.3) is 6.08 Å². The molecule has 1 aromatic rings. The molecule has 2 nitrogen and oxygen atoms in total. The maximum Gasteiger partial charge on any atom is 0.170 e. The Morgan fingerprint density at radius 2 is 2.42 bits per heavy atom. The average Bonchev–Trinajstić information content (AvgIpc) is 2.49. The third-order valence-electron chi connectivity index (χ3n) is 1.89. The molecule has 1 aromatic heterocycles. The standard InChI is InChI=1S/C9H7ClO2/c10-4-6-5-12-8-3-1-2-7(11)9(6)8/h1,3,5H,2,4H2.